The van der Waals surface area contributed by atoms with Gasteiger partial charge in [0.05, 0.1) is 24.4 Å². The number of benzene rings is 1. The molecule has 1 spiro atoms. The Kier molecular flexibility index (Phi) is 4.03. The van der Waals surface area contributed by atoms with E-state index >= 15 is 0 Å². The van der Waals surface area contributed by atoms with Crippen LogP contribution in [0.4, 0.5) is 0 Å². The lowest BCUT2D eigenvalue weighted by Crippen LogP contribution is -2.41. The molecular weight excluding hydrogens is 254 g/mol. The van der Waals surface area contributed by atoms with Crippen LogP contribution in [-0.2, 0) is 9.47 Å². The van der Waals surface area contributed by atoms with Crippen LogP contribution >= 0.6 is 0 Å². The fraction of sp³-hybridized carbons (Fsp3) is 0.562. The van der Waals surface area contributed by atoms with E-state index in [0.29, 0.717) is 24.7 Å². The molecule has 0 aromatic heterocycles. The van der Waals surface area contributed by atoms with Gasteiger partial charge in [0.15, 0.2) is 0 Å². The Morgan fingerprint density at radius 1 is 1.30 bits per heavy atom. The highest BCUT2D eigenvalue weighted by atomic mass is 16.5. The Balaban J connectivity index is 1.49. The SMILES string of the molecule is O=C(OCC1COC2(CCNCC2)C1)c1ccccc1. The van der Waals surface area contributed by atoms with Crippen LogP contribution < -0.4 is 5.32 Å². The molecule has 1 atom stereocenters. The maximum Gasteiger partial charge on any atom is 0.338 e. The van der Waals surface area contributed by atoms with Gasteiger partial charge in [-0.05, 0) is 44.5 Å². The summed E-state index contributed by atoms with van der Waals surface area (Å²) < 4.78 is 11.4. The molecule has 1 unspecified atom stereocenters. The molecule has 1 N–H and O–H groups in total. The van der Waals surface area contributed by atoms with Crippen LogP contribution in [0.15, 0.2) is 30.3 Å². The number of hydrogen-bond donors (Lipinski definition) is 1. The van der Waals surface area contributed by atoms with E-state index < -0.39 is 0 Å². The van der Waals surface area contributed by atoms with Crippen LogP contribution in [0.3, 0.4) is 0 Å². The maximum atomic E-state index is 11.9. The molecule has 4 heteroatoms. The van der Waals surface area contributed by atoms with Crippen molar-refractivity contribution in [3.05, 3.63) is 35.9 Å². The van der Waals surface area contributed by atoms with Gasteiger partial charge in [-0.3, -0.25) is 0 Å². The molecule has 0 saturated carbocycles. The Morgan fingerprint density at radius 2 is 2.05 bits per heavy atom. The lowest BCUT2D eigenvalue weighted by molar-refractivity contribution is -0.0201. The summed E-state index contributed by atoms with van der Waals surface area (Å²) in [5, 5.41) is 3.36. The van der Waals surface area contributed by atoms with E-state index in [9.17, 15) is 4.79 Å². The van der Waals surface area contributed by atoms with Crippen LogP contribution in [0, 0.1) is 5.92 Å². The van der Waals surface area contributed by atoms with Gasteiger partial charge in [-0.2, -0.15) is 0 Å². The summed E-state index contributed by atoms with van der Waals surface area (Å²) in [5.74, 6) is 0.0950. The molecule has 20 heavy (non-hydrogen) atoms. The van der Waals surface area contributed by atoms with E-state index in [4.69, 9.17) is 9.47 Å². The first-order chi connectivity index (χ1) is 9.77. The van der Waals surface area contributed by atoms with Gasteiger partial charge in [-0.15, -0.1) is 0 Å². The molecule has 0 amide bonds. The van der Waals surface area contributed by atoms with Crippen LogP contribution in [0.25, 0.3) is 0 Å². The van der Waals surface area contributed by atoms with E-state index in [1.54, 1.807) is 12.1 Å². The molecule has 2 aliphatic heterocycles. The van der Waals surface area contributed by atoms with Gasteiger partial charge in [0, 0.05) is 5.92 Å². The van der Waals surface area contributed by atoms with Crippen molar-refractivity contribution < 1.29 is 14.3 Å². The predicted molar refractivity (Wildman–Crippen MR) is 75.6 cm³/mol. The van der Waals surface area contributed by atoms with E-state index in [2.05, 4.69) is 5.32 Å². The lowest BCUT2D eigenvalue weighted by Gasteiger charge is -2.33. The largest absolute Gasteiger partial charge is 0.462 e. The highest BCUT2D eigenvalue weighted by Crippen LogP contribution is 2.37. The fourth-order valence-electron chi connectivity index (χ4n) is 3.13. The molecule has 2 fully saturated rings. The third-order valence-electron chi connectivity index (χ3n) is 4.26. The quantitative estimate of drug-likeness (QED) is 0.857. The fourth-order valence-corrected chi connectivity index (χ4v) is 3.13. The second-order valence-electron chi connectivity index (χ2n) is 5.78. The lowest BCUT2D eigenvalue weighted by atomic mass is 9.86. The van der Waals surface area contributed by atoms with E-state index in [1.807, 2.05) is 18.2 Å². The van der Waals surface area contributed by atoms with E-state index in [1.165, 1.54) is 0 Å². The van der Waals surface area contributed by atoms with Gasteiger partial charge in [0.25, 0.3) is 0 Å². The van der Waals surface area contributed by atoms with Crippen molar-refractivity contribution in [2.75, 3.05) is 26.3 Å². The Hall–Kier alpha value is -1.39. The molecular formula is C16H21NO3. The second-order valence-corrected chi connectivity index (χ2v) is 5.78. The summed E-state index contributed by atoms with van der Waals surface area (Å²) in [6, 6.07) is 9.14. The normalized spacial score (nSPS) is 24.7. The third kappa shape index (κ3) is 3.02. The Bertz CT molecular complexity index is 454. The molecule has 2 heterocycles. The van der Waals surface area contributed by atoms with Crippen molar-refractivity contribution in [3.8, 4) is 0 Å². The van der Waals surface area contributed by atoms with Gasteiger partial charge in [-0.25, -0.2) is 4.79 Å². The second kappa shape index (κ2) is 5.94. The smallest absolute Gasteiger partial charge is 0.338 e. The minimum atomic E-state index is -0.239. The molecule has 0 radical (unpaired) electrons. The van der Waals surface area contributed by atoms with Gasteiger partial charge >= 0.3 is 5.97 Å². The minimum absolute atomic E-state index is 0.0368. The number of nitrogens with one attached hydrogen (secondary N) is 1. The van der Waals surface area contributed by atoms with E-state index in [-0.39, 0.29) is 11.6 Å². The van der Waals surface area contributed by atoms with Gasteiger partial charge in [0.2, 0.25) is 0 Å². The molecule has 1 aromatic carbocycles. The zero-order valence-corrected chi connectivity index (χ0v) is 11.6. The van der Waals surface area contributed by atoms with Crippen molar-refractivity contribution in [3.63, 3.8) is 0 Å². The molecule has 108 valence electrons. The van der Waals surface area contributed by atoms with Crippen molar-refractivity contribution in [2.24, 2.45) is 5.92 Å². The molecule has 0 aliphatic carbocycles. The van der Waals surface area contributed by atoms with Gasteiger partial charge < -0.3 is 14.8 Å². The number of carbonyl (C=O) groups is 1. The molecule has 0 bridgehead atoms. The first-order valence-electron chi connectivity index (χ1n) is 7.34. The predicted octanol–water partition coefficient (Wildman–Crippen LogP) is 2.00. The molecule has 1 aromatic rings. The molecule has 4 nitrogen and oxygen atoms in total. The summed E-state index contributed by atoms with van der Waals surface area (Å²) in [4.78, 5) is 11.9. The van der Waals surface area contributed by atoms with Crippen LogP contribution in [0.2, 0.25) is 0 Å². The average Bonchev–Trinajstić information content (AvgIpc) is 2.89. The summed E-state index contributed by atoms with van der Waals surface area (Å²) in [6.07, 6.45) is 3.14. The minimum Gasteiger partial charge on any atom is -0.462 e. The summed E-state index contributed by atoms with van der Waals surface area (Å²) in [6.45, 7) is 3.22. The maximum absolute atomic E-state index is 11.9. The summed E-state index contributed by atoms with van der Waals surface area (Å²) in [7, 11) is 0. The third-order valence-corrected chi connectivity index (χ3v) is 4.26. The molecule has 2 aliphatic rings. The number of hydrogen-bond acceptors (Lipinski definition) is 4. The number of piperidine rings is 1. The summed E-state index contributed by atoms with van der Waals surface area (Å²) in [5.41, 5.74) is 0.651. The highest BCUT2D eigenvalue weighted by molar-refractivity contribution is 5.89. The Morgan fingerprint density at radius 3 is 2.80 bits per heavy atom. The van der Waals surface area contributed by atoms with Crippen LogP contribution in [-0.4, -0.2) is 37.9 Å². The number of rotatable bonds is 3. The van der Waals surface area contributed by atoms with Crippen molar-refractivity contribution in [1.82, 2.24) is 5.32 Å². The monoisotopic (exact) mass is 275 g/mol. The van der Waals surface area contributed by atoms with Crippen LogP contribution in [0.5, 0.6) is 0 Å². The van der Waals surface area contributed by atoms with E-state index in [0.717, 1.165) is 32.4 Å². The van der Waals surface area contributed by atoms with Crippen molar-refractivity contribution in [2.45, 2.75) is 24.9 Å². The highest BCUT2D eigenvalue weighted by Gasteiger charge is 2.41. The van der Waals surface area contributed by atoms with Crippen LogP contribution in [0.1, 0.15) is 29.6 Å². The standard InChI is InChI=1S/C16H21NO3/c18-15(14-4-2-1-3-5-14)19-11-13-10-16(20-12-13)6-8-17-9-7-16/h1-5,13,17H,6-12H2. The first kappa shape index (κ1) is 13.6. The number of ether oxygens (including phenoxy) is 2. The topological polar surface area (TPSA) is 47.6 Å². The average molecular weight is 275 g/mol. The summed E-state index contributed by atoms with van der Waals surface area (Å²) >= 11 is 0. The Labute approximate surface area is 119 Å². The number of esters is 1. The zero-order valence-electron chi connectivity index (χ0n) is 11.6. The van der Waals surface area contributed by atoms with Gasteiger partial charge in [-0.1, -0.05) is 18.2 Å². The molecule has 2 saturated heterocycles. The van der Waals surface area contributed by atoms with Crippen molar-refractivity contribution >= 4 is 5.97 Å². The zero-order chi connectivity index (χ0) is 13.8. The first-order valence-corrected chi connectivity index (χ1v) is 7.34. The van der Waals surface area contributed by atoms with Crippen molar-refractivity contribution in [1.29, 1.82) is 0 Å². The number of carbonyl (C=O) groups excluding carboxylic acids is 1. The molecule has 3 rings (SSSR count). The van der Waals surface area contributed by atoms with Gasteiger partial charge in [0.1, 0.15) is 0 Å².